The molecule has 1 aromatic carbocycles. The summed E-state index contributed by atoms with van der Waals surface area (Å²) in [6, 6.07) is 6.39. The van der Waals surface area contributed by atoms with Gasteiger partial charge in [-0.2, -0.15) is 0 Å². The average Bonchev–Trinajstić information content (AvgIpc) is 2.89. The Kier molecular flexibility index (Phi) is 5.08. The third kappa shape index (κ3) is 5.31. The van der Waals surface area contributed by atoms with E-state index in [-0.39, 0.29) is 18.1 Å². The normalized spacial score (nSPS) is 11.0. The Morgan fingerprint density at radius 3 is 2.38 bits per heavy atom. The number of rotatable bonds is 4. The summed E-state index contributed by atoms with van der Waals surface area (Å²) in [5.41, 5.74) is 0.634. The topological polar surface area (TPSA) is 116 Å². The van der Waals surface area contributed by atoms with Gasteiger partial charge in [0.2, 0.25) is 0 Å². The van der Waals surface area contributed by atoms with Crippen LogP contribution >= 0.6 is 0 Å². The number of imidazole rings is 1. The fraction of sp³-hybridized carbons (Fsp3) is 0.312. The van der Waals surface area contributed by atoms with Crippen LogP contribution in [0.5, 0.6) is 0 Å². The van der Waals surface area contributed by atoms with Crippen LogP contribution in [0, 0.1) is 0 Å². The van der Waals surface area contributed by atoms with Crippen LogP contribution < -0.4 is 16.3 Å². The van der Waals surface area contributed by atoms with E-state index in [0.29, 0.717) is 16.9 Å². The second-order valence-corrected chi connectivity index (χ2v) is 6.15. The maximum atomic E-state index is 12.0. The van der Waals surface area contributed by atoms with Crippen LogP contribution in [0.15, 0.2) is 35.3 Å². The molecule has 0 saturated heterocycles. The maximum Gasteiger partial charge on any atom is 0.412 e. The molecule has 0 bridgehead atoms. The molecular formula is C16H20N4O4. The zero-order valence-electron chi connectivity index (χ0n) is 13.7. The van der Waals surface area contributed by atoms with Gasteiger partial charge < -0.3 is 20.0 Å². The minimum Gasteiger partial charge on any atom is -0.444 e. The van der Waals surface area contributed by atoms with Crippen molar-refractivity contribution in [1.82, 2.24) is 15.3 Å². The number of benzene rings is 1. The molecular weight excluding hydrogens is 312 g/mol. The lowest BCUT2D eigenvalue weighted by atomic mass is 10.2. The van der Waals surface area contributed by atoms with Crippen LogP contribution in [0.25, 0.3) is 0 Å². The molecule has 0 radical (unpaired) electrons. The molecule has 2 aromatic rings. The lowest BCUT2D eigenvalue weighted by Crippen LogP contribution is -2.27. The molecule has 2 amide bonds. The maximum absolute atomic E-state index is 12.0. The first-order valence-electron chi connectivity index (χ1n) is 7.38. The largest absolute Gasteiger partial charge is 0.444 e. The van der Waals surface area contributed by atoms with Crippen LogP contribution in [-0.2, 0) is 11.3 Å². The minimum atomic E-state index is -0.580. The van der Waals surface area contributed by atoms with Gasteiger partial charge in [-0.15, -0.1) is 0 Å². The molecule has 128 valence electrons. The van der Waals surface area contributed by atoms with Gasteiger partial charge in [0.05, 0.1) is 12.2 Å². The van der Waals surface area contributed by atoms with Crippen molar-refractivity contribution in [3.63, 3.8) is 0 Å². The number of anilines is 1. The lowest BCUT2D eigenvalue weighted by Gasteiger charge is -2.19. The highest BCUT2D eigenvalue weighted by Crippen LogP contribution is 2.13. The standard InChI is InChI=1S/C16H20N4O4/c1-16(2,3)24-15(23)20-11-6-4-10(5-7-11)13(21)17-8-12-9-18-14(22)19-12/h4-7,9H,8H2,1-3H3,(H,17,21)(H,20,23)(H2,18,19,22). The quantitative estimate of drug-likeness (QED) is 0.685. The Labute approximate surface area is 138 Å². The fourth-order valence-electron chi connectivity index (χ4n) is 1.87. The Hall–Kier alpha value is -3.03. The lowest BCUT2D eigenvalue weighted by molar-refractivity contribution is 0.0635. The predicted molar refractivity (Wildman–Crippen MR) is 88.9 cm³/mol. The molecule has 8 nitrogen and oxygen atoms in total. The number of aromatic amines is 2. The molecule has 0 aliphatic rings. The summed E-state index contributed by atoms with van der Waals surface area (Å²) in [6.45, 7) is 5.53. The smallest absolute Gasteiger partial charge is 0.412 e. The van der Waals surface area contributed by atoms with Gasteiger partial charge in [0.25, 0.3) is 5.91 Å². The minimum absolute atomic E-state index is 0.204. The van der Waals surface area contributed by atoms with E-state index in [1.54, 1.807) is 45.0 Å². The highest BCUT2D eigenvalue weighted by atomic mass is 16.6. The molecule has 0 spiro atoms. The summed E-state index contributed by atoms with van der Waals surface area (Å²) in [6.07, 6.45) is 0.937. The monoisotopic (exact) mass is 332 g/mol. The van der Waals surface area contributed by atoms with Crippen molar-refractivity contribution in [3.8, 4) is 0 Å². The van der Waals surface area contributed by atoms with Gasteiger partial charge in [0, 0.05) is 17.4 Å². The van der Waals surface area contributed by atoms with Gasteiger partial charge in [0.1, 0.15) is 5.60 Å². The van der Waals surface area contributed by atoms with Crippen LogP contribution in [0.4, 0.5) is 10.5 Å². The fourth-order valence-corrected chi connectivity index (χ4v) is 1.87. The summed E-state index contributed by atoms with van der Waals surface area (Å²) in [5.74, 6) is -0.291. The number of ether oxygens (including phenoxy) is 1. The molecule has 8 heteroatoms. The molecule has 0 saturated carbocycles. The summed E-state index contributed by atoms with van der Waals surface area (Å²) in [4.78, 5) is 39.6. The van der Waals surface area contributed by atoms with E-state index in [2.05, 4.69) is 20.6 Å². The Morgan fingerprint density at radius 1 is 1.17 bits per heavy atom. The zero-order chi connectivity index (χ0) is 17.7. The van der Waals surface area contributed by atoms with Crippen molar-refractivity contribution in [2.45, 2.75) is 32.9 Å². The number of carbonyl (C=O) groups excluding carboxylic acids is 2. The number of hydrogen-bond donors (Lipinski definition) is 4. The highest BCUT2D eigenvalue weighted by Gasteiger charge is 2.16. The van der Waals surface area contributed by atoms with E-state index in [1.807, 2.05) is 0 Å². The molecule has 24 heavy (non-hydrogen) atoms. The summed E-state index contributed by atoms with van der Waals surface area (Å²) >= 11 is 0. The first kappa shape index (κ1) is 17.3. The number of amides is 2. The van der Waals surface area contributed by atoms with E-state index >= 15 is 0 Å². The second-order valence-electron chi connectivity index (χ2n) is 6.15. The first-order valence-corrected chi connectivity index (χ1v) is 7.38. The first-order chi connectivity index (χ1) is 11.2. The van der Waals surface area contributed by atoms with Crippen molar-refractivity contribution < 1.29 is 14.3 Å². The Morgan fingerprint density at radius 2 is 1.83 bits per heavy atom. The van der Waals surface area contributed by atoms with Crippen molar-refractivity contribution >= 4 is 17.7 Å². The molecule has 0 fully saturated rings. The van der Waals surface area contributed by atoms with Crippen LogP contribution in [-0.4, -0.2) is 27.6 Å². The van der Waals surface area contributed by atoms with Gasteiger partial charge >= 0.3 is 11.8 Å². The van der Waals surface area contributed by atoms with Crippen molar-refractivity contribution in [2.24, 2.45) is 0 Å². The van der Waals surface area contributed by atoms with Crippen molar-refractivity contribution in [1.29, 1.82) is 0 Å². The van der Waals surface area contributed by atoms with Crippen LogP contribution in [0.2, 0.25) is 0 Å². The third-order valence-corrected chi connectivity index (χ3v) is 2.88. The Balaban J connectivity index is 1.90. The number of hydrogen-bond acceptors (Lipinski definition) is 4. The van der Waals surface area contributed by atoms with E-state index < -0.39 is 11.7 Å². The average molecular weight is 332 g/mol. The highest BCUT2D eigenvalue weighted by molar-refractivity contribution is 5.95. The molecule has 0 aliphatic carbocycles. The van der Waals surface area contributed by atoms with Gasteiger partial charge in [-0.1, -0.05) is 0 Å². The number of carbonyl (C=O) groups is 2. The number of H-pyrrole nitrogens is 2. The number of aromatic nitrogens is 2. The molecule has 0 aliphatic heterocycles. The van der Waals surface area contributed by atoms with Crippen molar-refractivity contribution in [3.05, 3.63) is 52.2 Å². The molecule has 1 heterocycles. The molecule has 1 aromatic heterocycles. The second kappa shape index (κ2) is 7.03. The van der Waals surface area contributed by atoms with Gasteiger partial charge in [-0.25, -0.2) is 9.59 Å². The van der Waals surface area contributed by atoms with Gasteiger partial charge in [-0.05, 0) is 45.0 Å². The number of nitrogens with one attached hydrogen (secondary N) is 4. The Bertz CT molecular complexity index is 768. The zero-order valence-corrected chi connectivity index (χ0v) is 13.7. The van der Waals surface area contributed by atoms with Crippen LogP contribution in [0.1, 0.15) is 36.8 Å². The predicted octanol–water partition coefficient (Wildman–Crippen LogP) is 1.98. The summed E-state index contributed by atoms with van der Waals surface area (Å²) < 4.78 is 5.15. The summed E-state index contributed by atoms with van der Waals surface area (Å²) in [5, 5.41) is 5.27. The summed E-state index contributed by atoms with van der Waals surface area (Å²) in [7, 11) is 0. The van der Waals surface area contributed by atoms with Gasteiger partial charge in [-0.3, -0.25) is 10.1 Å². The van der Waals surface area contributed by atoms with E-state index in [9.17, 15) is 14.4 Å². The molecule has 2 rings (SSSR count). The van der Waals surface area contributed by atoms with E-state index in [1.165, 1.54) is 6.20 Å². The van der Waals surface area contributed by atoms with Gasteiger partial charge in [0.15, 0.2) is 0 Å². The molecule has 4 N–H and O–H groups in total. The van der Waals surface area contributed by atoms with Crippen molar-refractivity contribution in [2.75, 3.05) is 5.32 Å². The SMILES string of the molecule is CC(C)(C)OC(=O)Nc1ccc(C(=O)NCc2c[nH]c(=O)[nH]2)cc1. The molecule has 0 unspecified atom stereocenters. The third-order valence-electron chi connectivity index (χ3n) is 2.88. The molecule has 0 atom stereocenters. The van der Waals surface area contributed by atoms with E-state index in [4.69, 9.17) is 4.74 Å². The van der Waals surface area contributed by atoms with Crippen LogP contribution in [0.3, 0.4) is 0 Å². The van der Waals surface area contributed by atoms with E-state index in [0.717, 1.165) is 0 Å².